The van der Waals surface area contributed by atoms with Gasteiger partial charge in [-0.05, 0) is 37.0 Å². The minimum Gasteiger partial charge on any atom is -0.464 e. The summed E-state index contributed by atoms with van der Waals surface area (Å²) in [5.74, 6) is 0.547. The zero-order valence-electron chi connectivity index (χ0n) is 13.1. The Balaban J connectivity index is 2.49. The number of aromatic nitrogens is 2. The molecule has 0 saturated carbocycles. The predicted octanol–water partition coefficient (Wildman–Crippen LogP) is 4.13. The van der Waals surface area contributed by atoms with E-state index >= 15 is 0 Å². The number of imidazole rings is 1. The van der Waals surface area contributed by atoms with Crippen LogP contribution in [0, 0.1) is 13.8 Å². The summed E-state index contributed by atoms with van der Waals surface area (Å²) < 4.78 is 1.26. The Morgan fingerprint density at radius 2 is 2.10 bits per heavy atom. The molecule has 1 N–H and O–H groups in total. The lowest BCUT2D eigenvalue weighted by Crippen LogP contribution is -2.14. The van der Waals surface area contributed by atoms with Gasteiger partial charge < -0.3 is 5.11 Å². The number of nitrogens with zero attached hydrogens (tertiary/aromatic N) is 2. The van der Waals surface area contributed by atoms with Crippen molar-refractivity contribution < 1.29 is 9.90 Å². The van der Waals surface area contributed by atoms with Crippen LogP contribution in [0.3, 0.4) is 0 Å². The lowest BCUT2D eigenvalue weighted by Gasteiger charge is -2.16. The van der Waals surface area contributed by atoms with E-state index < -0.39 is 6.09 Å². The largest absolute Gasteiger partial charge is 0.464 e. The van der Waals surface area contributed by atoms with E-state index in [4.69, 9.17) is 0 Å². The Hall–Kier alpha value is -2.10. The van der Waals surface area contributed by atoms with E-state index in [1.54, 1.807) is 6.20 Å². The molecule has 0 aliphatic carbocycles. The molecule has 0 unspecified atom stereocenters. The van der Waals surface area contributed by atoms with Gasteiger partial charge in [-0.3, -0.25) is 0 Å². The Morgan fingerprint density at radius 1 is 1.38 bits per heavy atom. The van der Waals surface area contributed by atoms with Crippen molar-refractivity contribution >= 4 is 6.09 Å². The van der Waals surface area contributed by atoms with Gasteiger partial charge in [0.2, 0.25) is 0 Å². The van der Waals surface area contributed by atoms with Crippen molar-refractivity contribution in [1.29, 1.82) is 0 Å². The summed E-state index contributed by atoms with van der Waals surface area (Å²) in [5, 5.41) is 9.39. The number of benzene rings is 1. The highest BCUT2D eigenvalue weighted by Gasteiger charge is 2.21. The van der Waals surface area contributed by atoms with Crippen molar-refractivity contribution in [2.24, 2.45) is 0 Å². The molecule has 112 valence electrons. The lowest BCUT2D eigenvalue weighted by atomic mass is 9.93. The van der Waals surface area contributed by atoms with Crippen LogP contribution in [0.25, 0.3) is 0 Å². The first-order chi connectivity index (χ1) is 9.95. The van der Waals surface area contributed by atoms with Gasteiger partial charge in [0.25, 0.3) is 0 Å². The molecule has 1 aromatic carbocycles. The van der Waals surface area contributed by atoms with Gasteiger partial charge >= 0.3 is 6.09 Å². The number of aryl methyl sites for hydroxylation is 2. The third-order valence-electron chi connectivity index (χ3n) is 4.00. The maximum atomic E-state index is 11.4. The van der Waals surface area contributed by atoms with Crippen LogP contribution in [-0.2, 0) is 6.42 Å². The molecule has 0 bridgehead atoms. The third kappa shape index (κ3) is 2.99. The first-order valence-electron chi connectivity index (χ1n) is 7.33. The van der Waals surface area contributed by atoms with Crippen LogP contribution in [0.15, 0.2) is 24.4 Å². The standard InChI is InChI=1S/C17H22N2O2/c1-5-7-14-10-19(17(20)21)16(18-14)13(4)15-9-6-8-11(2)12(15)3/h6,8-10,13H,5,7H2,1-4H3,(H,20,21)/t13-/m0/s1. The van der Waals surface area contributed by atoms with E-state index in [9.17, 15) is 9.90 Å². The lowest BCUT2D eigenvalue weighted by molar-refractivity contribution is 0.195. The van der Waals surface area contributed by atoms with Gasteiger partial charge in [-0.15, -0.1) is 0 Å². The highest BCUT2D eigenvalue weighted by atomic mass is 16.4. The quantitative estimate of drug-likeness (QED) is 0.919. The number of rotatable bonds is 4. The smallest absolute Gasteiger partial charge is 0.417 e. The second kappa shape index (κ2) is 6.12. The number of hydrogen-bond acceptors (Lipinski definition) is 2. The van der Waals surface area contributed by atoms with Gasteiger partial charge in [-0.2, -0.15) is 0 Å². The molecule has 0 amide bonds. The molecular weight excluding hydrogens is 264 g/mol. The molecule has 4 heteroatoms. The maximum absolute atomic E-state index is 11.4. The average Bonchev–Trinajstić information content (AvgIpc) is 2.86. The first kappa shape index (κ1) is 15.3. The fourth-order valence-corrected chi connectivity index (χ4v) is 2.66. The average molecular weight is 286 g/mol. The Morgan fingerprint density at radius 3 is 2.71 bits per heavy atom. The zero-order chi connectivity index (χ0) is 15.6. The summed E-state index contributed by atoms with van der Waals surface area (Å²) in [6, 6.07) is 6.13. The van der Waals surface area contributed by atoms with Crippen LogP contribution in [-0.4, -0.2) is 20.8 Å². The molecule has 0 saturated heterocycles. The van der Waals surface area contributed by atoms with Crippen molar-refractivity contribution in [1.82, 2.24) is 9.55 Å². The SMILES string of the molecule is CCCc1cn(C(=O)O)c([C@@H](C)c2cccc(C)c2C)n1. The summed E-state index contributed by atoms with van der Waals surface area (Å²) in [7, 11) is 0. The van der Waals surface area contributed by atoms with E-state index in [1.165, 1.54) is 15.7 Å². The van der Waals surface area contributed by atoms with Crippen LogP contribution in [0.1, 0.15) is 54.4 Å². The van der Waals surface area contributed by atoms with E-state index in [1.807, 2.05) is 19.1 Å². The first-order valence-corrected chi connectivity index (χ1v) is 7.33. The van der Waals surface area contributed by atoms with E-state index in [0.29, 0.717) is 5.82 Å². The van der Waals surface area contributed by atoms with Crippen molar-refractivity contribution in [2.45, 2.75) is 46.5 Å². The molecule has 0 spiro atoms. The van der Waals surface area contributed by atoms with Gasteiger partial charge in [0.05, 0.1) is 5.69 Å². The van der Waals surface area contributed by atoms with Crippen LogP contribution in [0.2, 0.25) is 0 Å². The minimum atomic E-state index is -0.975. The molecule has 0 radical (unpaired) electrons. The van der Waals surface area contributed by atoms with Crippen molar-refractivity contribution in [3.63, 3.8) is 0 Å². The van der Waals surface area contributed by atoms with Gasteiger partial charge in [-0.1, -0.05) is 38.5 Å². The molecular formula is C17H22N2O2. The van der Waals surface area contributed by atoms with Crippen molar-refractivity contribution in [3.8, 4) is 0 Å². The molecule has 0 fully saturated rings. The van der Waals surface area contributed by atoms with Gasteiger partial charge in [0.15, 0.2) is 0 Å². The molecule has 1 aromatic heterocycles. The molecule has 2 rings (SSSR count). The fraction of sp³-hybridized carbons (Fsp3) is 0.412. The molecule has 1 heterocycles. The summed E-state index contributed by atoms with van der Waals surface area (Å²) in [5.41, 5.74) is 4.38. The van der Waals surface area contributed by atoms with Crippen molar-refractivity contribution in [3.05, 3.63) is 52.6 Å². The summed E-state index contributed by atoms with van der Waals surface area (Å²) in [6.45, 7) is 8.22. The maximum Gasteiger partial charge on any atom is 0.417 e. The Labute approximate surface area is 125 Å². The van der Waals surface area contributed by atoms with Crippen LogP contribution in [0.5, 0.6) is 0 Å². The molecule has 21 heavy (non-hydrogen) atoms. The topological polar surface area (TPSA) is 55.1 Å². The summed E-state index contributed by atoms with van der Waals surface area (Å²) in [4.78, 5) is 16.0. The third-order valence-corrected chi connectivity index (χ3v) is 4.00. The summed E-state index contributed by atoms with van der Waals surface area (Å²) >= 11 is 0. The van der Waals surface area contributed by atoms with E-state index in [-0.39, 0.29) is 5.92 Å². The predicted molar refractivity (Wildman–Crippen MR) is 83.1 cm³/mol. The zero-order valence-corrected chi connectivity index (χ0v) is 13.1. The monoisotopic (exact) mass is 286 g/mol. The second-order valence-electron chi connectivity index (χ2n) is 5.50. The molecule has 2 aromatic rings. The van der Waals surface area contributed by atoms with E-state index in [0.717, 1.165) is 24.1 Å². The Kier molecular flexibility index (Phi) is 4.46. The van der Waals surface area contributed by atoms with Crippen LogP contribution >= 0.6 is 0 Å². The normalized spacial score (nSPS) is 12.4. The number of carboxylic acid groups (broad SMARTS) is 1. The van der Waals surface area contributed by atoms with Crippen molar-refractivity contribution in [2.75, 3.05) is 0 Å². The minimum absolute atomic E-state index is 0.0494. The molecule has 0 aliphatic heterocycles. The number of carbonyl (C=O) groups is 1. The molecule has 0 aliphatic rings. The highest BCUT2D eigenvalue weighted by Crippen LogP contribution is 2.28. The van der Waals surface area contributed by atoms with Gasteiger partial charge in [0, 0.05) is 12.1 Å². The second-order valence-corrected chi connectivity index (χ2v) is 5.50. The highest BCUT2D eigenvalue weighted by molar-refractivity contribution is 5.69. The molecule has 4 nitrogen and oxygen atoms in total. The van der Waals surface area contributed by atoms with E-state index in [2.05, 4.69) is 31.8 Å². The summed E-state index contributed by atoms with van der Waals surface area (Å²) in [6.07, 6.45) is 2.42. The number of hydrogen-bond donors (Lipinski definition) is 1. The van der Waals surface area contributed by atoms with Gasteiger partial charge in [-0.25, -0.2) is 14.3 Å². The fourth-order valence-electron chi connectivity index (χ4n) is 2.66. The molecule has 1 atom stereocenters. The van der Waals surface area contributed by atoms with Crippen LogP contribution < -0.4 is 0 Å². The van der Waals surface area contributed by atoms with Crippen LogP contribution in [0.4, 0.5) is 4.79 Å². The Bertz CT molecular complexity index is 659. The van der Waals surface area contributed by atoms with Gasteiger partial charge in [0.1, 0.15) is 5.82 Å².